The zero-order valence-corrected chi connectivity index (χ0v) is 16.1. The van der Waals surface area contributed by atoms with Crippen LogP contribution in [0.5, 0.6) is 0 Å². The lowest BCUT2D eigenvalue weighted by Crippen LogP contribution is -2.11. The van der Waals surface area contributed by atoms with Crippen molar-refractivity contribution in [1.82, 2.24) is 0 Å². The first-order chi connectivity index (χ1) is 12.7. The summed E-state index contributed by atoms with van der Waals surface area (Å²) >= 11 is 6.14. The molecule has 1 spiro atoms. The molecule has 1 saturated carbocycles. The largest absolute Gasteiger partial charge is 0.341 e. The van der Waals surface area contributed by atoms with Crippen LogP contribution in [-0.2, 0) is 9.84 Å². The standard InChI is InChI=1S/C21H17ClF2O2S/c1-13-10-15(4-7-19(13)22)18-12-21(8-9-21)11-17(18)14-2-5-16(6-3-14)27(25,26)20(23)24/h2-7,10-12,20H,8-9H2,1H3. The van der Waals surface area contributed by atoms with E-state index in [2.05, 4.69) is 12.2 Å². The number of rotatable bonds is 4. The van der Waals surface area contributed by atoms with Crippen molar-refractivity contribution >= 4 is 32.6 Å². The minimum Gasteiger partial charge on any atom is -0.218 e. The molecule has 1 fully saturated rings. The molecular formula is C21H17ClF2O2S. The molecule has 0 amide bonds. The Balaban J connectivity index is 1.74. The third-order valence-electron chi connectivity index (χ3n) is 5.18. The van der Waals surface area contributed by atoms with Crippen LogP contribution in [0.15, 0.2) is 59.5 Å². The lowest BCUT2D eigenvalue weighted by Gasteiger charge is -2.12. The molecule has 0 heterocycles. The summed E-state index contributed by atoms with van der Waals surface area (Å²) in [5.74, 6) is -3.42. The zero-order chi connectivity index (χ0) is 19.4. The molecule has 2 nitrogen and oxygen atoms in total. The minimum atomic E-state index is -4.59. The molecule has 27 heavy (non-hydrogen) atoms. The van der Waals surface area contributed by atoms with E-state index in [0.717, 1.165) is 40.7 Å². The smallest absolute Gasteiger partial charge is 0.218 e. The molecule has 2 aliphatic carbocycles. The van der Waals surface area contributed by atoms with Crippen LogP contribution in [0, 0.1) is 12.3 Å². The fourth-order valence-corrected chi connectivity index (χ4v) is 4.26. The fourth-order valence-electron chi connectivity index (χ4n) is 3.42. The Labute approximate surface area is 162 Å². The van der Waals surface area contributed by atoms with Crippen LogP contribution < -0.4 is 0 Å². The van der Waals surface area contributed by atoms with Crippen LogP contribution in [0.4, 0.5) is 8.78 Å². The van der Waals surface area contributed by atoms with Gasteiger partial charge < -0.3 is 0 Å². The van der Waals surface area contributed by atoms with Gasteiger partial charge >= 0.3 is 5.76 Å². The van der Waals surface area contributed by atoms with E-state index < -0.39 is 15.6 Å². The summed E-state index contributed by atoms with van der Waals surface area (Å²) in [6.45, 7) is 1.95. The molecule has 2 aliphatic rings. The first-order valence-electron chi connectivity index (χ1n) is 8.57. The van der Waals surface area contributed by atoms with E-state index >= 15 is 0 Å². The number of sulfone groups is 1. The number of allylic oxidation sites excluding steroid dienone is 4. The molecule has 2 aromatic rings. The van der Waals surface area contributed by atoms with Gasteiger partial charge in [-0.25, -0.2) is 8.42 Å². The van der Waals surface area contributed by atoms with Crippen molar-refractivity contribution in [1.29, 1.82) is 0 Å². The van der Waals surface area contributed by atoms with E-state index in [-0.39, 0.29) is 10.3 Å². The number of benzene rings is 2. The summed E-state index contributed by atoms with van der Waals surface area (Å²) in [5.41, 5.74) is 4.95. The Kier molecular flexibility index (Phi) is 4.28. The van der Waals surface area contributed by atoms with Crippen molar-refractivity contribution in [2.45, 2.75) is 30.4 Å². The summed E-state index contributed by atoms with van der Waals surface area (Å²) in [6, 6.07) is 11.5. The van der Waals surface area contributed by atoms with Crippen molar-refractivity contribution < 1.29 is 17.2 Å². The molecule has 6 heteroatoms. The maximum absolute atomic E-state index is 12.7. The van der Waals surface area contributed by atoms with Gasteiger partial charge in [-0.05, 0) is 71.9 Å². The van der Waals surface area contributed by atoms with Gasteiger partial charge in [0.1, 0.15) is 0 Å². The average Bonchev–Trinajstić information content (AvgIpc) is 3.28. The van der Waals surface area contributed by atoms with Crippen LogP contribution in [0.3, 0.4) is 0 Å². The normalized spacial score (nSPS) is 18.0. The van der Waals surface area contributed by atoms with Crippen LogP contribution in [0.1, 0.15) is 29.5 Å². The second-order valence-corrected chi connectivity index (χ2v) is 9.47. The molecule has 0 atom stereocenters. The van der Waals surface area contributed by atoms with E-state index in [0.29, 0.717) is 5.02 Å². The van der Waals surface area contributed by atoms with E-state index in [1.165, 1.54) is 12.1 Å². The molecule has 0 unspecified atom stereocenters. The summed E-state index contributed by atoms with van der Waals surface area (Å²) in [7, 11) is -4.59. The highest BCUT2D eigenvalue weighted by molar-refractivity contribution is 7.91. The van der Waals surface area contributed by atoms with Gasteiger partial charge in [-0.2, -0.15) is 8.78 Å². The lowest BCUT2D eigenvalue weighted by molar-refractivity contribution is 0.234. The lowest BCUT2D eigenvalue weighted by atomic mass is 9.94. The summed E-state index contributed by atoms with van der Waals surface area (Å²) in [6.07, 6.45) is 6.59. The van der Waals surface area contributed by atoms with Gasteiger partial charge in [0.15, 0.2) is 0 Å². The van der Waals surface area contributed by atoms with Crippen molar-refractivity contribution in [2.75, 3.05) is 0 Å². The maximum Gasteiger partial charge on any atom is 0.341 e. The minimum absolute atomic E-state index is 0.0614. The molecule has 0 bridgehead atoms. The van der Waals surface area contributed by atoms with E-state index in [1.807, 2.05) is 25.1 Å². The maximum atomic E-state index is 12.7. The molecule has 4 rings (SSSR count). The first kappa shape index (κ1) is 18.4. The van der Waals surface area contributed by atoms with Gasteiger partial charge in [0.2, 0.25) is 9.84 Å². The van der Waals surface area contributed by atoms with Crippen LogP contribution in [0.2, 0.25) is 5.02 Å². The Hall–Kier alpha value is -1.98. The predicted octanol–water partition coefficient (Wildman–Crippen LogP) is 5.91. The number of halogens is 3. The van der Waals surface area contributed by atoms with Crippen molar-refractivity contribution in [3.8, 4) is 0 Å². The highest BCUT2D eigenvalue weighted by Crippen LogP contribution is 2.57. The second kappa shape index (κ2) is 6.28. The van der Waals surface area contributed by atoms with Crippen LogP contribution in [-0.4, -0.2) is 14.2 Å². The van der Waals surface area contributed by atoms with E-state index in [9.17, 15) is 17.2 Å². The molecule has 0 aromatic heterocycles. The molecule has 0 aliphatic heterocycles. The second-order valence-electron chi connectivity index (χ2n) is 7.14. The van der Waals surface area contributed by atoms with Crippen molar-refractivity contribution in [3.05, 3.63) is 76.3 Å². The average molecular weight is 407 g/mol. The number of hydrogen-bond acceptors (Lipinski definition) is 2. The quantitative estimate of drug-likeness (QED) is 0.632. The highest BCUT2D eigenvalue weighted by atomic mass is 35.5. The molecule has 0 radical (unpaired) electrons. The Morgan fingerprint density at radius 2 is 1.52 bits per heavy atom. The third-order valence-corrected chi connectivity index (χ3v) is 7.00. The summed E-state index contributed by atoms with van der Waals surface area (Å²) in [4.78, 5) is -0.367. The molecule has 0 N–H and O–H groups in total. The SMILES string of the molecule is Cc1cc(C2=CC3(C=C2c2ccc(S(=O)(=O)C(F)F)cc2)CC3)ccc1Cl. The van der Waals surface area contributed by atoms with Gasteiger partial charge in [0, 0.05) is 10.4 Å². The van der Waals surface area contributed by atoms with Crippen molar-refractivity contribution in [3.63, 3.8) is 0 Å². The number of aryl methyl sites for hydroxylation is 1. The Bertz CT molecular complexity index is 1080. The van der Waals surface area contributed by atoms with Gasteiger partial charge in [-0.15, -0.1) is 0 Å². The van der Waals surface area contributed by atoms with Gasteiger partial charge in [-0.1, -0.05) is 42.0 Å². The highest BCUT2D eigenvalue weighted by Gasteiger charge is 2.43. The topological polar surface area (TPSA) is 34.1 Å². The molecular weight excluding hydrogens is 390 g/mol. The third kappa shape index (κ3) is 3.23. The Morgan fingerprint density at radius 1 is 0.963 bits per heavy atom. The molecule has 0 saturated heterocycles. The van der Waals surface area contributed by atoms with E-state index in [1.54, 1.807) is 12.1 Å². The van der Waals surface area contributed by atoms with Crippen LogP contribution >= 0.6 is 11.6 Å². The van der Waals surface area contributed by atoms with Gasteiger partial charge in [-0.3, -0.25) is 0 Å². The van der Waals surface area contributed by atoms with Gasteiger partial charge in [0.05, 0.1) is 4.90 Å². The number of alkyl halides is 2. The summed E-state index contributed by atoms with van der Waals surface area (Å²) < 4.78 is 48.8. The molecule has 140 valence electrons. The first-order valence-corrected chi connectivity index (χ1v) is 10.5. The zero-order valence-electron chi connectivity index (χ0n) is 14.5. The Morgan fingerprint density at radius 3 is 2.04 bits per heavy atom. The van der Waals surface area contributed by atoms with Crippen molar-refractivity contribution in [2.24, 2.45) is 5.41 Å². The van der Waals surface area contributed by atoms with Gasteiger partial charge in [0.25, 0.3) is 0 Å². The summed E-state index contributed by atoms with van der Waals surface area (Å²) in [5, 5.41) is 0.700. The predicted molar refractivity (Wildman–Crippen MR) is 103 cm³/mol. The number of hydrogen-bond donors (Lipinski definition) is 0. The molecule has 2 aromatic carbocycles. The van der Waals surface area contributed by atoms with Crippen LogP contribution in [0.25, 0.3) is 11.1 Å². The van der Waals surface area contributed by atoms with E-state index in [4.69, 9.17) is 11.6 Å². The fraction of sp³-hybridized carbons (Fsp3) is 0.238. The monoisotopic (exact) mass is 406 g/mol.